The largest absolute Gasteiger partial charge is 0.877 e. The molecule has 0 radical (unpaired) electrons. The summed E-state index contributed by atoms with van der Waals surface area (Å²) in [5.41, 5.74) is 0. The van der Waals surface area contributed by atoms with Crippen molar-refractivity contribution in [3.63, 3.8) is 0 Å². The van der Waals surface area contributed by atoms with Crippen LogP contribution in [-0.4, -0.2) is 6.29 Å². The molecule has 0 saturated heterocycles. The summed E-state index contributed by atoms with van der Waals surface area (Å²) in [6, 6.07) is 0. The van der Waals surface area contributed by atoms with E-state index in [-0.39, 0.29) is 4.48 Å². The zero-order chi connectivity index (χ0) is 4.99. The van der Waals surface area contributed by atoms with Crippen LogP contribution in [0.5, 0.6) is 0 Å². The van der Waals surface area contributed by atoms with Crippen LogP contribution in [0.25, 0.3) is 0 Å². The Balaban J connectivity index is 3.50. The Hall–Kier alpha value is -0.310. The minimum atomic E-state index is 0.0440. The normalized spacial score (nSPS) is 11.2. The van der Waals surface area contributed by atoms with Gasteiger partial charge in [0, 0.05) is 4.48 Å². The van der Waals surface area contributed by atoms with Crippen LogP contribution in [0.2, 0.25) is 0 Å². The van der Waals surface area contributed by atoms with Gasteiger partial charge in [-0.25, -0.2) is 0 Å². The number of allylic oxidation sites excluding steroid dienone is 1. The Kier molecular flexibility index (Phi) is 2.75. The van der Waals surface area contributed by atoms with E-state index in [1.54, 1.807) is 0 Å². The molecule has 0 N–H and O–H groups in total. The van der Waals surface area contributed by atoms with Crippen molar-refractivity contribution in [3.8, 4) is 0 Å². The number of hydrogen-bond donors (Lipinski definition) is 0. The molecule has 0 bridgehead atoms. The highest BCUT2D eigenvalue weighted by Crippen LogP contribution is 1.93. The number of aldehydes is 1. The summed E-state index contributed by atoms with van der Waals surface area (Å²) in [4.78, 5) is 9.42. The lowest BCUT2D eigenvalue weighted by Crippen LogP contribution is -1.87. The zero-order valence-corrected chi connectivity index (χ0v) is 4.44. The van der Waals surface area contributed by atoms with E-state index in [1.807, 2.05) is 0 Å². The summed E-state index contributed by atoms with van der Waals surface area (Å²) in [6.45, 7) is 0. The summed E-state index contributed by atoms with van der Waals surface area (Å²) < 4.78 is 0.0440. The highest BCUT2D eigenvalue weighted by molar-refractivity contribution is 9.12. The van der Waals surface area contributed by atoms with Gasteiger partial charge in [-0.3, -0.25) is 4.79 Å². The van der Waals surface area contributed by atoms with E-state index in [1.165, 1.54) is 0 Å². The van der Waals surface area contributed by atoms with Crippen LogP contribution in [0.4, 0.5) is 0 Å². The summed E-state index contributed by atoms with van der Waals surface area (Å²) in [5.74, 6) is 0. The van der Waals surface area contributed by atoms with Crippen LogP contribution in [0, 0.1) is 0 Å². The van der Waals surface area contributed by atoms with E-state index in [2.05, 4.69) is 15.9 Å². The molecule has 0 spiro atoms. The van der Waals surface area contributed by atoms with Crippen LogP contribution < -0.4 is 5.11 Å². The van der Waals surface area contributed by atoms with Crippen molar-refractivity contribution in [3.05, 3.63) is 10.7 Å². The molecule has 0 aromatic carbocycles. The van der Waals surface area contributed by atoms with E-state index >= 15 is 0 Å². The van der Waals surface area contributed by atoms with Crippen molar-refractivity contribution in [2.24, 2.45) is 0 Å². The molecule has 0 aliphatic heterocycles. The molecule has 0 aromatic heterocycles. The predicted octanol–water partition coefficient (Wildman–Crippen LogP) is -0.218. The van der Waals surface area contributed by atoms with E-state index in [9.17, 15) is 9.90 Å². The highest BCUT2D eigenvalue weighted by Gasteiger charge is 1.72. The van der Waals surface area contributed by atoms with E-state index in [0.717, 1.165) is 0 Å². The topological polar surface area (TPSA) is 40.1 Å². The smallest absolute Gasteiger partial charge is 0.155 e. The van der Waals surface area contributed by atoms with Crippen molar-refractivity contribution >= 4 is 22.2 Å². The van der Waals surface area contributed by atoms with Gasteiger partial charge in [0.2, 0.25) is 0 Å². The molecular formula is C3H2BrO2-. The molecule has 0 saturated carbocycles. The lowest BCUT2D eigenvalue weighted by atomic mass is 10.7. The summed E-state index contributed by atoms with van der Waals surface area (Å²) >= 11 is 2.66. The van der Waals surface area contributed by atoms with E-state index in [0.29, 0.717) is 12.5 Å². The third-order valence-corrected chi connectivity index (χ3v) is 0.599. The second-order valence-electron chi connectivity index (χ2n) is 0.621. The number of hydrogen-bond acceptors (Lipinski definition) is 2. The molecule has 0 amide bonds. The van der Waals surface area contributed by atoms with Gasteiger partial charge in [0.15, 0.2) is 6.29 Å². The van der Waals surface area contributed by atoms with Gasteiger partial charge in [-0.15, -0.1) is 6.26 Å². The van der Waals surface area contributed by atoms with Gasteiger partial charge in [-0.1, -0.05) is 0 Å². The van der Waals surface area contributed by atoms with Gasteiger partial charge < -0.3 is 5.11 Å². The molecule has 3 heteroatoms. The Morgan fingerprint density at radius 3 is 2.33 bits per heavy atom. The predicted molar refractivity (Wildman–Crippen MR) is 23.1 cm³/mol. The average molecular weight is 150 g/mol. The maximum atomic E-state index is 9.42. The maximum absolute atomic E-state index is 9.42. The first-order valence-electron chi connectivity index (χ1n) is 1.24. The third kappa shape index (κ3) is 1.96. The van der Waals surface area contributed by atoms with Gasteiger partial charge in [0.05, 0.1) is 0 Å². The minimum absolute atomic E-state index is 0.0440. The standard InChI is InChI=1S/C3H3BrO2/c4-3(1-5)2-6/h1-2,5H/p-1/b3-1+. The molecule has 2 nitrogen and oxygen atoms in total. The lowest BCUT2D eigenvalue weighted by molar-refractivity contribution is -0.275. The van der Waals surface area contributed by atoms with Crippen LogP contribution in [0.1, 0.15) is 0 Å². The molecule has 0 aliphatic carbocycles. The first kappa shape index (κ1) is 5.69. The van der Waals surface area contributed by atoms with Crippen LogP contribution in [0.15, 0.2) is 10.7 Å². The Morgan fingerprint density at radius 2 is 2.33 bits per heavy atom. The summed E-state index contributed by atoms with van der Waals surface area (Å²) in [7, 11) is 0. The minimum Gasteiger partial charge on any atom is -0.877 e. The van der Waals surface area contributed by atoms with Crippen LogP contribution in [0.3, 0.4) is 0 Å². The van der Waals surface area contributed by atoms with E-state index < -0.39 is 0 Å². The van der Waals surface area contributed by atoms with Crippen molar-refractivity contribution in [1.29, 1.82) is 0 Å². The number of halogens is 1. The van der Waals surface area contributed by atoms with E-state index in [4.69, 9.17) is 0 Å². The SMILES string of the molecule is O=C/C(Br)=C\[O-]. The van der Waals surface area contributed by atoms with Crippen molar-refractivity contribution in [2.75, 3.05) is 0 Å². The van der Waals surface area contributed by atoms with Crippen molar-refractivity contribution < 1.29 is 9.90 Å². The summed E-state index contributed by atoms with van der Waals surface area (Å²) in [5, 5.41) is 9.42. The molecule has 0 aromatic rings. The molecule has 0 atom stereocenters. The Labute approximate surface area is 43.6 Å². The summed E-state index contributed by atoms with van der Waals surface area (Å²) in [6.07, 6.45) is 0.875. The monoisotopic (exact) mass is 149 g/mol. The molecule has 6 heavy (non-hydrogen) atoms. The van der Waals surface area contributed by atoms with Crippen molar-refractivity contribution in [2.45, 2.75) is 0 Å². The molecule has 0 fully saturated rings. The molecule has 0 rings (SSSR count). The molecular weight excluding hydrogens is 148 g/mol. The fourth-order valence-electron chi connectivity index (χ4n) is 0.0278. The molecule has 0 heterocycles. The van der Waals surface area contributed by atoms with Gasteiger partial charge in [0.25, 0.3) is 0 Å². The zero-order valence-electron chi connectivity index (χ0n) is 2.85. The number of carbonyl (C=O) groups excluding carboxylic acids is 1. The van der Waals surface area contributed by atoms with Crippen LogP contribution >= 0.6 is 15.9 Å². The Bertz CT molecular complexity index is 76.9. The van der Waals surface area contributed by atoms with Gasteiger partial charge in [-0.2, -0.15) is 0 Å². The average Bonchev–Trinajstić information content (AvgIpc) is 1.65. The highest BCUT2D eigenvalue weighted by atomic mass is 79.9. The molecule has 34 valence electrons. The fourth-order valence-corrected chi connectivity index (χ4v) is 0.0278. The first-order valence-corrected chi connectivity index (χ1v) is 2.03. The third-order valence-electron chi connectivity index (χ3n) is 0.225. The molecule has 0 unspecified atom stereocenters. The second kappa shape index (κ2) is 2.90. The van der Waals surface area contributed by atoms with Crippen molar-refractivity contribution in [1.82, 2.24) is 0 Å². The van der Waals surface area contributed by atoms with Gasteiger partial charge in [-0.05, 0) is 15.9 Å². The van der Waals surface area contributed by atoms with Crippen LogP contribution in [-0.2, 0) is 4.79 Å². The Morgan fingerprint density at radius 1 is 1.83 bits per heavy atom. The van der Waals surface area contributed by atoms with Gasteiger partial charge >= 0.3 is 0 Å². The quantitative estimate of drug-likeness (QED) is 0.294. The van der Waals surface area contributed by atoms with Gasteiger partial charge in [0.1, 0.15) is 0 Å². The first-order chi connectivity index (χ1) is 2.81. The fraction of sp³-hybridized carbons (Fsp3) is 0. The molecule has 0 aliphatic rings. The number of rotatable bonds is 1. The maximum Gasteiger partial charge on any atom is 0.155 e. The lowest BCUT2D eigenvalue weighted by Gasteiger charge is -1.84. The number of carbonyl (C=O) groups is 1. The second-order valence-corrected chi connectivity index (χ2v) is 1.54.